The number of amidine groups is 3. The number of aryl methyl sites for hydroxylation is 4. The number of anilines is 1. The van der Waals surface area contributed by atoms with Crippen molar-refractivity contribution in [2.75, 3.05) is 5.32 Å². The molecule has 1 aliphatic rings. The van der Waals surface area contributed by atoms with Crippen molar-refractivity contribution in [1.82, 2.24) is 0 Å². The highest BCUT2D eigenvalue weighted by atomic mass is 15.2. The van der Waals surface area contributed by atoms with Crippen molar-refractivity contribution in [3.63, 3.8) is 0 Å². The molecule has 4 rings (SSSR count). The molecule has 0 saturated carbocycles. The Labute approximate surface area is 171 Å². The Balaban J connectivity index is 1.81. The normalized spacial score (nSPS) is 14.7. The van der Waals surface area contributed by atoms with E-state index < -0.39 is 0 Å². The molecule has 3 aromatic rings. The van der Waals surface area contributed by atoms with Crippen molar-refractivity contribution in [1.29, 1.82) is 0 Å². The van der Waals surface area contributed by atoms with Crippen LogP contribution in [0.4, 0.5) is 11.4 Å². The number of benzene rings is 3. The third-order valence-corrected chi connectivity index (χ3v) is 5.06. The average Bonchev–Trinajstić information content (AvgIpc) is 3.11. The fourth-order valence-electron chi connectivity index (χ4n) is 3.43. The summed E-state index contributed by atoms with van der Waals surface area (Å²) in [7, 11) is 0. The summed E-state index contributed by atoms with van der Waals surface area (Å²) >= 11 is 0. The summed E-state index contributed by atoms with van der Waals surface area (Å²) < 4.78 is 0. The second kappa shape index (κ2) is 7.84. The summed E-state index contributed by atoms with van der Waals surface area (Å²) in [6.07, 6.45) is 0. The number of hydrogen-bond acceptors (Lipinski definition) is 3. The molecule has 29 heavy (non-hydrogen) atoms. The minimum atomic E-state index is 0.601. The molecular formula is C25H24N4. The minimum Gasteiger partial charge on any atom is -0.337 e. The van der Waals surface area contributed by atoms with Crippen LogP contribution in [0.25, 0.3) is 0 Å². The van der Waals surface area contributed by atoms with Crippen LogP contribution in [0.2, 0.25) is 0 Å². The highest BCUT2D eigenvalue weighted by molar-refractivity contribution is 6.51. The van der Waals surface area contributed by atoms with Crippen LogP contribution < -0.4 is 5.32 Å². The van der Waals surface area contributed by atoms with Gasteiger partial charge in [-0.1, -0.05) is 66.7 Å². The lowest BCUT2D eigenvalue weighted by atomic mass is 10.1. The van der Waals surface area contributed by atoms with Crippen LogP contribution in [-0.2, 0) is 0 Å². The zero-order chi connectivity index (χ0) is 20.4. The van der Waals surface area contributed by atoms with E-state index in [1.54, 1.807) is 0 Å². The van der Waals surface area contributed by atoms with Crippen molar-refractivity contribution in [3.05, 3.63) is 94.5 Å². The topological polar surface area (TPSA) is 49.1 Å². The van der Waals surface area contributed by atoms with E-state index in [4.69, 9.17) is 15.0 Å². The van der Waals surface area contributed by atoms with Crippen molar-refractivity contribution >= 4 is 28.9 Å². The number of nitrogens with zero attached hydrogens (tertiary/aromatic N) is 3. The summed E-state index contributed by atoms with van der Waals surface area (Å²) in [5.41, 5.74) is 7.51. The van der Waals surface area contributed by atoms with Crippen LogP contribution in [0.15, 0.2) is 81.7 Å². The van der Waals surface area contributed by atoms with E-state index in [1.807, 2.05) is 36.4 Å². The van der Waals surface area contributed by atoms with Gasteiger partial charge >= 0.3 is 0 Å². The average molecular weight is 380 g/mol. The van der Waals surface area contributed by atoms with E-state index >= 15 is 0 Å². The Hall–Kier alpha value is -3.53. The molecule has 0 radical (unpaired) electrons. The zero-order valence-corrected chi connectivity index (χ0v) is 17.2. The molecule has 0 fully saturated rings. The molecular weight excluding hydrogens is 356 g/mol. The van der Waals surface area contributed by atoms with Crippen LogP contribution in [-0.4, -0.2) is 17.5 Å². The van der Waals surface area contributed by atoms with Gasteiger partial charge in [-0.25, -0.2) is 15.0 Å². The highest BCUT2D eigenvalue weighted by Crippen LogP contribution is 2.26. The lowest BCUT2D eigenvalue weighted by Gasteiger charge is -2.12. The molecule has 0 spiro atoms. The van der Waals surface area contributed by atoms with E-state index in [0.29, 0.717) is 17.5 Å². The van der Waals surface area contributed by atoms with Gasteiger partial charge in [0.15, 0.2) is 17.5 Å². The smallest absolute Gasteiger partial charge is 0.198 e. The summed E-state index contributed by atoms with van der Waals surface area (Å²) in [6.45, 7) is 8.32. The second-order valence-corrected chi connectivity index (χ2v) is 7.33. The Morgan fingerprint density at radius 2 is 1.24 bits per heavy atom. The molecule has 0 saturated heterocycles. The van der Waals surface area contributed by atoms with Crippen molar-refractivity contribution in [2.45, 2.75) is 27.7 Å². The molecule has 4 nitrogen and oxygen atoms in total. The molecule has 4 heteroatoms. The Morgan fingerprint density at radius 3 is 1.86 bits per heavy atom. The van der Waals surface area contributed by atoms with Gasteiger partial charge in [0.2, 0.25) is 0 Å². The van der Waals surface area contributed by atoms with E-state index in [2.05, 4.69) is 63.3 Å². The standard InChI is InChI=1S/C25H24N4/c1-16-10-8-11-17(2)21(16)26-24-25(27-22-18(3)12-9-13-19(22)4)29-23(28-24)20-14-6-5-7-15-20/h5-15H,1-4H3,(H,26,27,28,29). The largest absolute Gasteiger partial charge is 0.337 e. The van der Waals surface area contributed by atoms with Gasteiger partial charge in [0.25, 0.3) is 0 Å². The zero-order valence-electron chi connectivity index (χ0n) is 17.2. The first-order chi connectivity index (χ1) is 14.0. The monoisotopic (exact) mass is 380 g/mol. The van der Waals surface area contributed by atoms with Crippen LogP contribution in [0.1, 0.15) is 27.8 Å². The Bertz CT molecular complexity index is 1110. The predicted octanol–water partition coefficient (Wildman–Crippen LogP) is 5.92. The van der Waals surface area contributed by atoms with Crippen LogP contribution in [0.5, 0.6) is 0 Å². The van der Waals surface area contributed by atoms with Crippen molar-refractivity contribution < 1.29 is 0 Å². The molecule has 3 aromatic carbocycles. The first-order valence-corrected chi connectivity index (χ1v) is 9.74. The first-order valence-electron chi connectivity index (χ1n) is 9.74. The van der Waals surface area contributed by atoms with Gasteiger partial charge in [0.1, 0.15) is 0 Å². The maximum Gasteiger partial charge on any atom is 0.198 e. The summed E-state index contributed by atoms with van der Waals surface area (Å²) in [5.74, 6) is 1.94. The molecule has 0 amide bonds. The first kappa shape index (κ1) is 18.8. The summed E-state index contributed by atoms with van der Waals surface area (Å²) in [5, 5.41) is 3.49. The van der Waals surface area contributed by atoms with Gasteiger partial charge < -0.3 is 5.32 Å². The van der Waals surface area contributed by atoms with Gasteiger partial charge in [-0.2, -0.15) is 0 Å². The number of para-hydroxylation sites is 2. The van der Waals surface area contributed by atoms with Gasteiger partial charge in [-0.15, -0.1) is 0 Å². The highest BCUT2D eigenvalue weighted by Gasteiger charge is 2.21. The quantitative estimate of drug-likeness (QED) is 0.602. The van der Waals surface area contributed by atoms with E-state index in [0.717, 1.165) is 39.2 Å². The Morgan fingerprint density at radius 1 is 0.655 bits per heavy atom. The Kier molecular flexibility index (Phi) is 5.09. The summed E-state index contributed by atoms with van der Waals surface area (Å²) in [6, 6.07) is 22.4. The number of aliphatic imine (C=N–C) groups is 3. The minimum absolute atomic E-state index is 0.601. The maximum atomic E-state index is 4.91. The second-order valence-electron chi connectivity index (χ2n) is 7.33. The van der Waals surface area contributed by atoms with Gasteiger partial charge in [-0.05, 0) is 49.9 Å². The van der Waals surface area contributed by atoms with Gasteiger partial charge in [0.05, 0.1) is 5.69 Å². The summed E-state index contributed by atoms with van der Waals surface area (Å²) in [4.78, 5) is 14.5. The number of rotatable bonds is 3. The lowest BCUT2D eigenvalue weighted by Crippen LogP contribution is -2.20. The SMILES string of the molecule is Cc1cccc(C)c1N=C1N=C(c2ccccc2)N=C1Nc1c(C)cccc1C. The van der Waals surface area contributed by atoms with Gasteiger partial charge in [-0.3, -0.25) is 0 Å². The van der Waals surface area contributed by atoms with E-state index in [-0.39, 0.29) is 0 Å². The molecule has 1 aliphatic heterocycles. The number of nitrogens with one attached hydrogen (secondary N) is 1. The lowest BCUT2D eigenvalue weighted by molar-refractivity contribution is 1.32. The van der Waals surface area contributed by atoms with E-state index in [1.165, 1.54) is 0 Å². The molecule has 0 aliphatic carbocycles. The fourth-order valence-corrected chi connectivity index (χ4v) is 3.43. The maximum absolute atomic E-state index is 4.91. The van der Waals surface area contributed by atoms with Crippen molar-refractivity contribution in [2.24, 2.45) is 15.0 Å². The third-order valence-electron chi connectivity index (χ3n) is 5.06. The third kappa shape index (κ3) is 3.87. The van der Waals surface area contributed by atoms with Crippen molar-refractivity contribution in [3.8, 4) is 0 Å². The molecule has 0 bridgehead atoms. The molecule has 1 N–H and O–H groups in total. The molecule has 1 heterocycles. The number of hydrogen-bond donors (Lipinski definition) is 1. The fraction of sp³-hybridized carbons (Fsp3) is 0.160. The van der Waals surface area contributed by atoms with Crippen LogP contribution >= 0.6 is 0 Å². The molecule has 0 atom stereocenters. The molecule has 144 valence electrons. The molecule has 0 unspecified atom stereocenters. The van der Waals surface area contributed by atoms with Gasteiger partial charge in [0, 0.05) is 11.3 Å². The molecule has 0 aromatic heterocycles. The predicted molar refractivity (Wildman–Crippen MR) is 123 cm³/mol. The van der Waals surface area contributed by atoms with E-state index in [9.17, 15) is 0 Å². The van der Waals surface area contributed by atoms with Crippen LogP contribution in [0, 0.1) is 27.7 Å². The van der Waals surface area contributed by atoms with Crippen LogP contribution in [0.3, 0.4) is 0 Å².